The van der Waals surface area contributed by atoms with Crippen molar-refractivity contribution in [3.05, 3.63) is 66.7 Å². The number of benzene rings is 2. The van der Waals surface area contributed by atoms with Gasteiger partial charge in [0.2, 0.25) is 0 Å². The normalized spacial score (nSPS) is 9.28. The van der Waals surface area contributed by atoms with Crippen LogP contribution in [0.15, 0.2) is 61.2 Å². The minimum Gasteiger partial charge on any atom is -0.0952 e. The Morgan fingerprint density at radius 2 is 1.33 bits per heavy atom. The summed E-state index contributed by atoms with van der Waals surface area (Å²) in [5.41, 5.74) is 4.95. The first kappa shape index (κ1) is 14.2. The molecule has 0 radical (unpaired) electrons. The van der Waals surface area contributed by atoms with Crippen LogP contribution in [-0.2, 0) is 0 Å². The summed E-state index contributed by atoms with van der Waals surface area (Å²) in [7, 11) is 0. The summed E-state index contributed by atoms with van der Waals surface area (Å²) in [5, 5.41) is 0. The minimum absolute atomic E-state index is 1.00. The van der Waals surface area contributed by atoms with Crippen LogP contribution < -0.4 is 0 Å². The van der Waals surface area contributed by atoms with Crippen molar-refractivity contribution in [3.8, 4) is 11.1 Å². The van der Waals surface area contributed by atoms with E-state index in [0.29, 0.717) is 0 Å². The van der Waals surface area contributed by atoms with Crippen molar-refractivity contribution in [2.24, 2.45) is 0 Å². The van der Waals surface area contributed by atoms with Gasteiger partial charge in [0.25, 0.3) is 0 Å². The standard InChI is InChI=1S/C16H16.C2H6/c1-3-13(2)14-9-11-16(12-10-14)15-7-5-4-6-8-15;1-2/h4-12H,2-3H2,1H3;1-2H3. The highest BCUT2D eigenvalue weighted by molar-refractivity contribution is 5.69. The third kappa shape index (κ3) is 3.59. The van der Waals surface area contributed by atoms with E-state index in [2.05, 4.69) is 62.0 Å². The molecule has 2 aromatic rings. The molecule has 0 atom stereocenters. The molecular weight excluding hydrogens is 216 g/mol. The summed E-state index contributed by atoms with van der Waals surface area (Å²) < 4.78 is 0. The molecule has 2 aromatic carbocycles. The van der Waals surface area contributed by atoms with Gasteiger partial charge in [-0.1, -0.05) is 81.9 Å². The Balaban J connectivity index is 0.000000771. The van der Waals surface area contributed by atoms with Crippen molar-refractivity contribution in [3.63, 3.8) is 0 Å². The summed E-state index contributed by atoms with van der Waals surface area (Å²) in [4.78, 5) is 0. The molecule has 0 saturated heterocycles. The van der Waals surface area contributed by atoms with Crippen LogP contribution >= 0.6 is 0 Å². The smallest absolute Gasteiger partial charge is 0.0184 e. The molecule has 0 heteroatoms. The molecule has 0 aliphatic rings. The van der Waals surface area contributed by atoms with Crippen LogP contribution in [-0.4, -0.2) is 0 Å². The molecule has 0 unspecified atom stereocenters. The van der Waals surface area contributed by atoms with E-state index in [4.69, 9.17) is 0 Å². The van der Waals surface area contributed by atoms with E-state index >= 15 is 0 Å². The van der Waals surface area contributed by atoms with Crippen molar-refractivity contribution in [2.45, 2.75) is 27.2 Å². The Kier molecular flexibility index (Phi) is 5.93. The van der Waals surface area contributed by atoms with E-state index in [1.165, 1.54) is 22.3 Å². The van der Waals surface area contributed by atoms with Gasteiger partial charge in [-0.3, -0.25) is 0 Å². The van der Waals surface area contributed by atoms with Crippen LogP contribution in [0.4, 0.5) is 0 Å². The van der Waals surface area contributed by atoms with Gasteiger partial charge in [0, 0.05) is 0 Å². The second kappa shape index (κ2) is 7.50. The zero-order valence-corrected chi connectivity index (χ0v) is 11.6. The first-order valence-electron chi connectivity index (χ1n) is 6.65. The molecule has 0 fully saturated rings. The number of hydrogen-bond acceptors (Lipinski definition) is 0. The van der Waals surface area contributed by atoms with E-state index in [1.54, 1.807) is 0 Å². The predicted octanol–water partition coefficient (Wildman–Crippen LogP) is 5.80. The van der Waals surface area contributed by atoms with E-state index in [9.17, 15) is 0 Å². The van der Waals surface area contributed by atoms with Gasteiger partial charge in [0.1, 0.15) is 0 Å². The first-order chi connectivity index (χ1) is 8.81. The van der Waals surface area contributed by atoms with Crippen molar-refractivity contribution in [1.29, 1.82) is 0 Å². The van der Waals surface area contributed by atoms with Crippen molar-refractivity contribution >= 4 is 5.57 Å². The lowest BCUT2D eigenvalue weighted by Gasteiger charge is -2.05. The molecular formula is C18H22. The maximum absolute atomic E-state index is 4.05. The highest BCUT2D eigenvalue weighted by Crippen LogP contribution is 2.22. The molecule has 0 N–H and O–H groups in total. The third-order valence-corrected chi connectivity index (χ3v) is 2.83. The lowest BCUT2D eigenvalue weighted by Crippen LogP contribution is -1.82. The van der Waals surface area contributed by atoms with Crippen LogP contribution in [0.5, 0.6) is 0 Å². The topological polar surface area (TPSA) is 0 Å². The van der Waals surface area contributed by atoms with E-state index in [1.807, 2.05) is 19.9 Å². The Morgan fingerprint density at radius 1 is 0.833 bits per heavy atom. The van der Waals surface area contributed by atoms with Gasteiger partial charge in [-0.05, 0) is 28.7 Å². The fraction of sp³-hybridized carbons (Fsp3) is 0.222. The van der Waals surface area contributed by atoms with Crippen molar-refractivity contribution < 1.29 is 0 Å². The molecule has 0 amide bonds. The summed E-state index contributed by atoms with van der Waals surface area (Å²) in [6.45, 7) is 10.2. The maximum Gasteiger partial charge on any atom is -0.0184 e. The minimum atomic E-state index is 1.00. The Bertz CT molecular complexity index is 463. The fourth-order valence-corrected chi connectivity index (χ4v) is 1.73. The number of rotatable bonds is 3. The molecule has 2 rings (SSSR count). The molecule has 0 nitrogen and oxygen atoms in total. The number of allylic oxidation sites excluding steroid dienone is 1. The fourth-order valence-electron chi connectivity index (χ4n) is 1.73. The molecule has 18 heavy (non-hydrogen) atoms. The van der Waals surface area contributed by atoms with Crippen LogP contribution in [0.3, 0.4) is 0 Å². The molecule has 0 heterocycles. The van der Waals surface area contributed by atoms with Gasteiger partial charge in [0.15, 0.2) is 0 Å². The van der Waals surface area contributed by atoms with Gasteiger partial charge in [-0.2, -0.15) is 0 Å². The van der Waals surface area contributed by atoms with Crippen molar-refractivity contribution in [1.82, 2.24) is 0 Å². The van der Waals surface area contributed by atoms with E-state index in [0.717, 1.165) is 6.42 Å². The Morgan fingerprint density at radius 3 is 1.83 bits per heavy atom. The lowest BCUT2D eigenvalue weighted by molar-refractivity contribution is 1.24. The highest BCUT2D eigenvalue weighted by Gasteiger charge is 1.98. The van der Waals surface area contributed by atoms with Crippen LogP contribution in [0.25, 0.3) is 16.7 Å². The number of hydrogen-bond donors (Lipinski definition) is 0. The summed E-state index contributed by atoms with van der Waals surface area (Å²) in [6, 6.07) is 19.0. The van der Waals surface area contributed by atoms with Crippen LogP contribution in [0.2, 0.25) is 0 Å². The molecule has 0 saturated carbocycles. The third-order valence-electron chi connectivity index (χ3n) is 2.83. The van der Waals surface area contributed by atoms with E-state index in [-0.39, 0.29) is 0 Å². The molecule has 0 aromatic heterocycles. The van der Waals surface area contributed by atoms with Gasteiger partial charge in [0.05, 0.1) is 0 Å². The van der Waals surface area contributed by atoms with Gasteiger partial charge >= 0.3 is 0 Å². The largest absolute Gasteiger partial charge is 0.0952 e. The van der Waals surface area contributed by atoms with Gasteiger partial charge in [-0.15, -0.1) is 0 Å². The summed E-state index contributed by atoms with van der Waals surface area (Å²) in [6.07, 6.45) is 1.00. The highest BCUT2D eigenvalue weighted by atomic mass is 14.0. The van der Waals surface area contributed by atoms with Crippen LogP contribution in [0.1, 0.15) is 32.8 Å². The summed E-state index contributed by atoms with van der Waals surface area (Å²) in [5.74, 6) is 0. The quantitative estimate of drug-likeness (QED) is 0.633. The average molecular weight is 238 g/mol. The average Bonchev–Trinajstić information content (AvgIpc) is 2.49. The second-order valence-corrected chi connectivity index (χ2v) is 3.90. The predicted molar refractivity (Wildman–Crippen MR) is 82.6 cm³/mol. The van der Waals surface area contributed by atoms with Crippen LogP contribution in [0, 0.1) is 0 Å². The zero-order valence-electron chi connectivity index (χ0n) is 11.6. The first-order valence-corrected chi connectivity index (χ1v) is 6.65. The van der Waals surface area contributed by atoms with Gasteiger partial charge < -0.3 is 0 Å². The second-order valence-electron chi connectivity index (χ2n) is 3.90. The van der Waals surface area contributed by atoms with E-state index < -0.39 is 0 Å². The zero-order chi connectivity index (χ0) is 13.4. The van der Waals surface area contributed by atoms with Crippen molar-refractivity contribution in [2.75, 3.05) is 0 Å². The summed E-state index contributed by atoms with van der Waals surface area (Å²) >= 11 is 0. The Labute approximate surface area is 111 Å². The SMILES string of the molecule is C=C(CC)c1ccc(-c2ccccc2)cc1.CC. The monoisotopic (exact) mass is 238 g/mol. The molecule has 0 aliphatic heterocycles. The Hall–Kier alpha value is -1.82. The lowest BCUT2D eigenvalue weighted by atomic mass is 10.0. The molecule has 0 aliphatic carbocycles. The maximum atomic E-state index is 4.05. The van der Waals surface area contributed by atoms with Gasteiger partial charge in [-0.25, -0.2) is 0 Å². The molecule has 94 valence electrons. The molecule has 0 spiro atoms. The molecule has 0 bridgehead atoms.